The Bertz CT molecular complexity index is 712. The third kappa shape index (κ3) is 4.67. The molecular formula is C19H28N4O2. The maximum Gasteiger partial charge on any atom is 0.137 e. The number of H-pyrrole nitrogens is 1. The third-order valence-corrected chi connectivity index (χ3v) is 4.76. The molecule has 0 saturated carbocycles. The first-order valence-electron chi connectivity index (χ1n) is 8.86. The molecule has 25 heavy (non-hydrogen) atoms. The molecule has 0 amide bonds. The number of aromatic amines is 1. The van der Waals surface area contributed by atoms with Gasteiger partial charge in [0.15, 0.2) is 0 Å². The maximum atomic E-state index is 10.3. The minimum atomic E-state index is -0.339. The van der Waals surface area contributed by atoms with Crippen molar-refractivity contribution in [2.24, 2.45) is 0 Å². The second-order valence-corrected chi connectivity index (χ2v) is 6.75. The van der Waals surface area contributed by atoms with Crippen molar-refractivity contribution in [3.8, 4) is 0 Å². The molecule has 0 aromatic carbocycles. The van der Waals surface area contributed by atoms with Crippen LogP contribution in [0.5, 0.6) is 0 Å². The molecule has 0 fully saturated rings. The third-order valence-electron chi connectivity index (χ3n) is 4.76. The molecule has 2 aromatic heterocycles. The first kappa shape index (κ1) is 18.1. The Hall–Kier alpha value is -1.73. The van der Waals surface area contributed by atoms with Gasteiger partial charge in [-0.2, -0.15) is 0 Å². The number of rotatable bonds is 8. The Labute approximate surface area is 149 Å². The number of aliphatic hydroxyl groups is 1. The number of ether oxygens (including phenoxy) is 1. The highest BCUT2D eigenvalue weighted by molar-refractivity contribution is 5.90. The summed E-state index contributed by atoms with van der Waals surface area (Å²) in [5, 5.41) is 11.5. The van der Waals surface area contributed by atoms with Gasteiger partial charge in [0.2, 0.25) is 0 Å². The molecule has 1 atom stereocenters. The van der Waals surface area contributed by atoms with E-state index in [0.29, 0.717) is 19.7 Å². The van der Waals surface area contributed by atoms with E-state index in [1.165, 1.54) is 16.5 Å². The fraction of sp³-hybridized carbons (Fsp3) is 0.526. The van der Waals surface area contributed by atoms with Crippen molar-refractivity contribution < 1.29 is 9.84 Å². The number of aromatic nitrogens is 2. The number of fused-ring (bicyclic) bond motifs is 1. The molecule has 6 nitrogen and oxygen atoms in total. The average molecular weight is 344 g/mol. The molecule has 136 valence electrons. The van der Waals surface area contributed by atoms with E-state index >= 15 is 0 Å². The summed E-state index contributed by atoms with van der Waals surface area (Å²) in [6, 6.07) is 4.09. The molecule has 0 saturated heterocycles. The molecule has 0 aliphatic carbocycles. The van der Waals surface area contributed by atoms with Crippen molar-refractivity contribution >= 4 is 16.6 Å². The molecule has 0 radical (unpaired) electrons. The van der Waals surface area contributed by atoms with E-state index < -0.39 is 0 Å². The van der Waals surface area contributed by atoms with Crippen LogP contribution in [0.3, 0.4) is 0 Å². The van der Waals surface area contributed by atoms with Gasteiger partial charge in [-0.15, -0.1) is 0 Å². The van der Waals surface area contributed by atoms with Crippen LogP contribution >= 0.6 is 0 Å². The lowest BCUT2D eigenvalue weighted by Gasteiger charge is -2.29. The summed E-state index contributed by atoms with van der Waals surface area (Å²) in [7, 11) is 3.72. The molecule has 2 aromatic rings. The summed E-state index contributed by atoms with van der Waals surface area (Å²) in [6.45, 7) is 4.75. The van der Waals surface area contributed by atoms with Crippen LogP contribution in [0.15, 0.2) is 30.6 Å². The standard InChI is InChI=1S/C19H28N4O2/c1-22(10-11-25-2)13-16(24)14-23-8-5-15(6-9-23)18-12-21-19-17(18)4-3-7-20-19/h3-5,7,12,16,24H,6,8-11,13-14H2,1-2H3,(H,20,21)/t16-/m1/s1. The number of hydrogen-bond donors (Lipinski definition) is 2. The van der Waals surface area contributed by atoms with Gasteiger partial charge in [0, 0.05) is 63.2 Å². The molecule has 0 unspecified atom stereocenters. The summed E-state index contributed by atoms with van der Waals surface area (Å²) in [6.07, 6.45) is 6.80. The number of methoxy groups -OCH3 is 1. The van der Waals surface area contributed by atoms with E-state index in [-0.39, 0.29) is 6.10 Å². The van der Waals surface area contributed by atoms with Gasteiger partial charge in [-0.1, -0.05) is 6.08 Å². The zero-order valence-corrected chi connectivity index (χ0v) is 15.1. The molecule has 1 aliphatic heterocycles. The fourth-order valence-corrected chi connectivity index (χ4v) is 3.40. The van der Waals surface area contributed by atoms with Gasteiger partial charge in [-0.3, -0.25) is 4.90 Å². The fourth-order valence-electron chi connectivity index (χ4n) is 3.40. The topological polar surface area (TPSA) is 64.6 Å². The predicted molar refractivity (Wildman–Crippen MR) is 101 cm³/mol. The van der Waals surface area contributed by atoms with Crippen LogP contribution in [0.4, 0.5) is 0 Å². The number of β-amino-alcohol motifs (C(OH)–C–C–N with tert-alkyl or cyclic N) is 1. The van der Waals surface area contributed by atoms with Crippen LogP contribution in [-0.2, 0) is 4.74 Å². The summed E-state index contributed by atoms with van der Waals surface area (Å²) in [5.41, 5.74) is 3.56. The van der Waals surface area contributed by atoms with Crippen molar-refractivity contribution in [1.29, 1.82) is 0 Å². The number of likely N-dealkylation sites (N-methyl/N-ethyl adjacent to an activating group) is 1. The van der Waals surface area contributed by atoms with Gasteiger partial charge < -0.3 is 19.7 Å². The molecule has 3 rings (SSSR count). The quantitative estimate of drug-likeness (QED) is 0.761. The molecule has 0 bridgehead atoms. The average Bonchev–Trinajstić information content (AvgIpc) is 3.04. The Morgan fingerprint density at radius 2 is 2.36 bits per heavy atom. The van der Waals surface area contributed by atoms with Crippen LogP contribution in [-0.4, -0.2) is 84.5 Å². The van der Waals surface area contributed by atoms with Crippen molar-refractivity contribution in [3.05, 3.63) is 36.2 Å². The Morgan fingerprint density at radius 3 is 3.12 bits per heavy atom. The van der Waals surface area contributed by atoms with E-state index in [1.807, 2.05) is 19.3 Å². The second-order valence-electron chi connectivity index (χ2n) is 6.75. The summed E-state index contributed by atoms with van der Waals surface area (Å²) in [4.78, 5) is 12.0. The van der Waals surface area contributed by atoms with Crippen LogP contribution in [0.25, 0.3) is 16.6 Å². The second kappa shape index (κ2) is 8.58. The largest absolute Gasteiger partial charge is 0.390 e. The SMILES string of the molecule is COCCN(C)C[C@@H](O)CN1CC=C(c2c[nH]c3ncccc23)CC1. The van der Waals surface area contributed by atoms with Crippen LogP contribution in [0.1, 0.15) is 12.0 Å². The number of hydrogen-bond acceptors (Lipinski definition) is 5. The van der Waals surface area contributed by atoms with Crippen molar-refractivity contribution in [2.45, 2.75) is 12.5 Å². The minimum Gasteiger partial charge on any atom is -0.390 e. The van der Waals surface area contributed by atoms with Gasteiger partial charge in [0.1, 0.15) is 5.65 Å². The zero-order valence-electron chi connectivity index (χ0n) is 15.1. The highest BCUT2D eigenvalue weighted by Gasteiger charge is 2.18. The predicted octanol–water partition coefficient (Wildman–Crippen LogP) is 1.59. The number of nitrogens with zero attached hydrogens (tertiary/aromatic N) is 3. The lowest BCUT2D eigenvalue weighted by Crippen LogP contribution is -2.41. The van der Waals surface area contributed by atoms with E-state index in [1.54, 1.807) is 7.11 Å². The molecule has 3 heterocycles. The lowest BCUT2D eigenvalue weighted by atomic mass is 9.99. The van der Waals surface area contributed by atoms with Gasteiger partial charge in [0.25, 0.3) is 0 Å². The van der Waals surface area contributed by atoms with Crippen LogP contribution in [0.2, 0.25) is 0 Å². The maximum absolute atomic E-state index is 10.3. The summed E-state index contributed by atoms with van der Waals surface area (Å²) < 4.78 is 5.07. The highest BCUT2D eigenvalue weighted by Crippen LogP contribution is 2.28. The van der Waals surface area contributed by atoms with E-state index in [9.17, 15) is 5.11 Å². The number of aliphatic hydroxyl groups excluding tert-OH is 1. The molecule has 6 heteroatoms. The monoisotopic (exact) mass is 344 g/mol. The van der Waals surface area contributed by atoms with Gasteiger partial charge in [-0.25, -0.2) is 4.98 Å². The van der Waals surface area contributed by atoms with Gasteiger partial charge in [-0.05, 0) is 31.2 Å². The van der Waals surface area contributed by atoms with Crippen molar-refractivity contribution in [2.75, 3.05) is 53.5 Å². The number of nitrogens with one attached hydrogen (secondary N) is 1. The van der Waals surface area contributed by atoms with Gasteiger partial charge in [0.05, 0.1) is 12.7 Å². The highest BCUT2D eigenvalue weighted by atomic mass is 16.5. The Balaban J connectivity index is 1.54. The molecule has 0 spiro atoms. The van der Waals surface area contributed by atoms with Gasteiger partial charge >= 0.3 is 0 Å². The van der Waals surface area contributed by atoms with Crippen molar-refractivity contribution in [3.63, 3.8) is 0 Å². The summed E-state index contributed by atoms with van der Waals surface area (Å²) >= 11 is 0. The van der Waals surface area contributed by atoms with Crippen molar-refractivity contribution in [1.82, 2.24) is 19.8 Å². The van der Waals surface area contributed by atoms with E-state index in [4.69, 9.17) is 4.74 Å². The zero-order chi connectivity index (χ0) is 17.6. The van der Waals surface area contributed by atoms with Crippen LogP contribution in [0, 0.1) is 0 Å². The minimum absolute atomic E-state index is 0.339. The Morgan fingerprint density at radius 1 is 1.48 bits per heavy atom. The Kier molecular flexibility index (Phi) is 6.20. The van der Waals surface area contributed by atoms with Crippen LogP contribution < -0.4 is 0 Å². The van der Waals surface area contributed by atoms with E-state index in [0.717, 1.165) is 31.7 Å². The smallest absolute Gasteiger partial charge is 0.137 e. The lowest BCUT2D eigenvalue weighted by molar-refractivity contribution is 0.0748. The first-order chi connectivity index (χ1) is 12.2. The van der Waals surface area contributed by atoms with E-state index in [2.05, 4.69) is 38.1 Å². The first-order valence-corrected chi connectivity index (χ1v) is 8.86. The molecule has 1 aliphatic rings. The number of pyridine rings is 1. The summed E-state index contributed by atoms with van der Waals surface area (Å²) in [5.74, 6) is 0. The molecular weight excluding hydrogens is 316 g/mol. The molecule has 2 N–H and O–H groups in total. The normalized spacial score (nSPS) is 17.2.